The monoisotopic (exact) mass is 348 g/mol. The summed E-state index contributed by atoms with van der Waals surface area (Å²) in [5, 5.41) is 3.34. The van der Waals surface area contributed by atoms with E-state index in [0.717, 1.165) is 43.2 Å². The number of fused-ring (bicyclic) bond motifs is 1. The Morgan fingerprint density at radius 3 is 2.65 bits per heavy atom. The number of hydrogen-bond donors (Lipinski definition) is 1. The van der Waals surface area contributed by atoms with Crippen molar-refractivity contribution < 1.29 is 0 Å². The number of para-hydroxylation sites is 1. The second kappa shape index (κ2) is 7.02. The number of aromatic nitrogens is 4. The number of rotatable bonds is 3. The van der Waals surface area contributed by atoms with Crippen molar-refractivity contribution in [2.75, 3.05) is 31.1 Å². The van der Waals surface area contributed by atoms with E-state index in [4.69, 9.17) is 0 Å². The van der Waals surface area contributed by atoms with Crippen molar-refractivity contribution in [1.82, 2.24) is 24.4 Å². The molecule has 1 aliphatic rings. The van der Waals surface area contributed by atoms with E-state index < -0.39 is 0 Å². The topological polar surface area (TPSA) is 68.0 Å². The minimum absolute atomic E-state index is 0.147. The molecule has 1 fully saturated rings. The number of benzene rings is 1. The van der Waals surface area contributed by atoms with Gasteiger partial charge in [0, 0.05) is 26.2 Å². The summed E-state index contributed by atoms with van der Waals surface area (Å²) >= 11 is 0. The maximum absolute atomic E-state index is 13.2. The van der Waals surface area contributed by atoms with Gasteiger partial charge in [0.15, 0.2) is 11.5 Å². The number of hydrogen-bond acceptors (Lipinski definition) is 5. The standard InChI is InChI=1S/C19H20N6O/c1-2-3-11-24-16-17(23-12-9-20-10-13-23)21-14-22-18(16)25(19(24)26)15-7-5-4-6-8-15/h4-8,14,20H,9-13H2,1H3. The zero-order chi connectivity index (χ0) is 17.9. The first kappa shape index (κ1) is 16.4. The maximum Gasteiger partial charge on any atom is 0.335 e. The van der Waals surface area contributed by atoms with Crippen LogP contribution in [-0.4, -0.2) is 45.3 Å². The normalized spacial score (nSPS) is 14.3. The highest BCUT2D eigenvalue weighted by Gasteiger charge is 2.23. The van der Waals surface area contributed by atoms with Crippen LogP contribution in [0, 0.1) is 11.8 Å². The molecule has 0 saturated carbocycles. The molecule has 7 nitrogen and oxygen atoms in total. The molecule has 0 unspecified atom stereocenters. The van der Waals surface area contributed by atoms with E-state index in [0.29, 0.717) is 12.2 Å². The van der Waals surface area contributed by atoms with Crippen LogP contribution in [0.15, 0.2) is 41.5 Å². The summed E-state index contributed by atoms with van der Waals surface area (Å²) in [5.74, 6) is 6.67. The number of nitrogens with zero attached hydrogens (tertiary/aromatic N) is 5. The second-order valence-electron chi connectivity index (χ2n) is 6.07. The molecule has 0 spiro atoms. The van der Waals surface area contributed by atoms with E-state index in [2.05, 4.69) is 32.0 Å². The SMILES string of the molecule is CC#CCn1c(=O)n(-c2ccccc2)c2ncnc(N3CCNCC3)c21. The first-order chi connectivity index (χ1) is 12.8. The Labute approximate surface area is 151 Å². The van der Waals surface area contributed by atoms with Crippen LogP contribution in [0.25, 0.3) is 16.9 Å². The van der Waals surface area contributed by atoms with E-state index in [-0.39, 0.29) is 5.69 Å². The highest BCUT2D eigenvalue weighted by Crippen LogP contribution is 2.24. The van der Waals surface area contributed by atoms with E-state index in [1.807, 2.05) is 30.3 Å². The van der Waals surface area contributed by atoms with Gasteiger partial charge in [-0.15, -0.1) is 5.92 Å². The van der Waals surface area contributed by atoms with Gasteiger partial charge in [0.1, 0.15) is 11.8 Å². The lowest BCUT2D eigenvalue weighted by Gasteiger charge is -2.28. The van der Waals surface area contributed by atoms with Crippen LogP contribution < -0.4 is 15.9 Å². The first-order valence-corrected chi connectivity index (χ1v) is 8.68. The summed E-state index contributed by atoms with van der Waals surface area (Å²) in [5.41, 5.74) is 2.00. The molecule has 1 aromatic carbocycles. The third kappa shape index (κ3) is 2.74. The van der Waals surface area contributed by atoms with Crippen LogP contribution in [0.1, 0.15) is 6.92 Å². The minimum Gasteiger partial charge on any atom is -0.352 e. The number of nitrogens with one attached hydrogen (secondary N) is 1. The van der Waals surface area contributed by atoms with Crippen molar-refractivity contribution >= 4 is 17.0 Å². The van der Waals surface area contributed by atoms with Crippen molar-refractivity contribution in [3.05, 3.63) is 47.1 Å². The number of anilines is 1. The molecule has 0 bridgehead atoms. The molecule has 0 amide bonds. The quantitative estimate of drug-likeness (QED) is 0.716. The first-order valence-electron chi connectivity index (χ1n) is 8.68. The Bertz CT molecular complexity index is 1030. The fraction of sp³-hybridized carbons (Fsp3) is 0.316. The molecule has 3 heterocycles. The largest absolute Gasteiger partial charge is 0.352 e. The lowest BCUT2D eigenvalue weighted by molar-refractivity contribution is 0.585. The molecule has 0 atom stereocenters. The van der Waals surface area contributed by atoms with Gasteiger partial charge < -0.3 is 10.2 Å². The van der Waals surface area contributed by atoms with Gasteiger partial charge in [-0.1, -0.05) is 24.1 Å². The number of piperazine rings is 1. The van der Waals surface area contributed by atoms with Crippen LogP contribution >= 0.6 is 0 Å². The molecule has 26 heavy (non-hydrogen) atoms. The Morgan fingerprint density at radius 1 is 1.15 bits per heavy atom. The van der Waals surface area contributed by atoms with Gasteiger partial charge in [-0.3, -0.25) is 4.57 Å². The fourth-order valence-electron chi connectivity index (χ4n) is 3.30. The Morgan fingerprint density at radius 2 is 1.92 bits per heavy atom. The van der Waals surface area contributed by atoms with Gasteiger partial charge in [0.2, 0.25) is 0 Å². The molecule has 1 aliphatic heterocycles. The Hall–Kier alpha value is -3.11. The fourth-order valence-corrected chi connectivity index (χ4v) is 3.30. The minimum atomic E-state index is -0.147. The van der Waals surface area contributed by atoms with Crippen LogP contribution in [0.3, 0.4) is 0 Å². The van der Waals surface area contributed by atoms with E-state index >= 15 is 0 Å². The van der Waals surface area contributed by atoms with Crippen molar-refractivity contribution in [1.29, 1.82) is 0 Å². The Kier molecular flexibility index (Phi) is 4.42. The molecule has 0 aliphatic carbocycles. The van der Waals surface area contributed by atoms with Crippen molar-refractivity contribution in [2.24, 2.45) is 0 Å². The van der Waals surface area contributed by atoms with Crippen molar-refractivity contribution in [3.63, 3.8) is 0 Å². The van der Waals surface area contributed by atoms with Gasteiger partial charge in [-0.25, -0.2) is 19.3 Å². The molecule has 1 saturated heterocycles. The van der Waals surface area contributed by atoms with Gasteiger partial charge >= 0.3 is 5.69 Å². The van der Waals surface area contributed by atoms with Gasteiger partial charge in [-0.05, 0) is 19.1 Å². The molecule has 3 aromatic rings. The molecule has 2 aromatic heterocycles. The second-order valence-corrected chi connectivity index (χ2v) is 6.07. The summed E-state index contributed by atoms with van der Waals surface area (Å²) in [7, 11) is 0. The summed E-state index contributed by atoms with van der Waals surface area (Å²) < 4.78 is 3.32. The highest BCUT2D eigenvalue weighted by molar-refractivity contribution is 5.85. The predicted octanol–water partition coefficient (Wildman–Crippen LogP) is 1.02. The zero-order valence-electron chi connectivity index (χ0n) is 14.6. The van der Waals surface area contributed by atoms with Gasteiger partial charge in [0.05, 0.1) is 12.2 Å². The lowest BCUT2D eigenvalue weighted by Crippen LogP contribution is -2.44. The van der Waals surface area contributed by atoms with Crippen LogP contribution in [0.4, 0.5) is 5.82 Å². The molecule has 4 rings (SSSR count). The molecule has 132 valence electrons. The summed E-state index contributed by atoms with van der Waals surface area (Å²) in [6, 6.07) is 9.56. The molecule has 1 N–H and O–H groups in total. The summed E-state index contributed by atoms with van der Waals surface area (Å²) in [6.45, 7) is 5.56. The van der Waals surface area contributed by atoms with Crippen LogP contribution in [-0.2, 0) is 6.54 Å². The average molecular weight is 348 g/mol. The predicted molar refractivity (Wildman–Crippen MR) is 102 cm³/mol. The smallest absolute Gasteiger partial charge is 0.335 e. The van der Waals surface area contributed by atoms with Crippen LogP contribution in [0.2, 0.25) is 0 Å². The average Bonchev–Trinajstić information content (AvgIpc) is 2.99. The van der Waals surface area contributed by atoms with E-state index in [9.17, 15) is 4.79 Å². The third-order valence-corrected chi connectivity index (χ3v) is 4.53. The van der Waals surface area contributed by atoms with E-state index in [1.54, 1.807) is 16.1 Å². The van der Waals surface area contributed by atoms with Crippen molar-refractivity contribution in [2.45, 2.75) is 13.5 Å². The number of imidazole rings is 1. The molecular formula is C19H20N6O. The summed E-state index contributed by atoms with van der Waals surface area (Å²) in [6.07, 6.45) is 1.54. The van der Waals surface area contributed by atoms with Gasteiger partial charge in [0.25, 0.3) is 0 Å². The van der Waals surface area contributed by atoms with E-state index in [1.165, 1.54) is 6.33 Å². The Balaban J connectivity index is 2.00. The lowest BCUT2D eigenvalue weighted by atomic mass is 10.3. The molecule has 7 heteroatoms. The van der Waals surface area contributed by atoms with Crippen LogP contribution in [0.5, 0.6) is 0 Å². The highest BCUT2D eigenvalue weighted by atomic mass is 16.1. The van der Waals surface area contributed by atoms with Crippen molar-refractivity contribution in [3.8, 4) is 17.5 Å². The third-order valence-electron chi connectivity index (χ3n) is 4.53. The molecular weight excluding hydrogens is 328 g/mol. The van der Waals surface area contributed by atoms with Gasteiger partial charge in [-0.2, -0.15) is 0 Å². The molecule has 0 radical (unpaired) electrons. The zero-order valence-corrected chi connectivity index (χ0v) is 14.6. The summed E-state index contributed by atoms with van der Waals surface area (Å²) in [4.78, 5) is 24.3. The maximum atomic E-state index is 13.2.